The largest absolute Gasteiger partial charge is 0.457 e. The first-order valence-corrected chi connectivity index (χ1v) is 13.0. The Balaban J connectivity index is 2.38. The van der Waals surface area contributed by atoms with Crippen LogP contribution in [0.1, 0.15) is 77.9 Å². The lowest BCUT2D eigenvalue weighted by Crippen LogP contribution is -2.46. The number of Topliss-reactive ketones (excluding diaryl/α,β-unsaturated/α-hetero) is 2. The third kappa shape index (κ3) is 7.66. The summed E-state index contributed by atoms with van der Waals surface area (Å²) >= 11 is 1.53. The number of allylic oxidation sites excluding steroid dienone is 1. The van der Waals surface area contributed by atoms with E-state index in [0.29, 0.717) is 12.8 Å². The van der Waals surface area contributed by atoms with Crippen molar-refractivity contribution in [2.24, 2.45) is 17.3 Å². The monoisotopic (exact) mass is 505 g/mol. The highest BCUT2D eigenvalue weighted by molar-refractivity contribution is 7.09. The first-order valence-electron chi connectivity index (χ1n) is 12.1. The zero-order valence-electron chi connectivity index (χ0n) is 21.8. The summed E-state index contributed by atoms with van der Waals surface area (Å²) in [5, 5.41) is 24.4. The number of carbonyl (C=O) groups is 3. The number of hydrogen-bond acceptors (Lipinski definition) is 8. The van der Waals surface area contributed by atoms with E-state index < -0.39 is 47.3 Å². The molecule has 0 spiro atoms. The molecular weight excluding hydrogens is 466 g/mol. The van der Waals surface area contributed by atoms with Gasteiger partial charge in [-0.15, -0.1) is 11.3 Å². The number of carbonyl (C=O) groups excluding carboxylic acids is 3. The molecule has 0 unspecified atom stereocenters. The molecule has 1 aliphatic rings. The fourth-order valence-electron chi connectivity index (χ4n) is 4.21. The Morgan fingerprint density at radius 1 is 1.14 bits per heavy atom. The number of nitrogens with zero attached hydrogens (tertiary/aromatic N) is 1. The zero-order chi connectivity index (χ0) is 26.5. The third-order valence-electron chi connectivity index (χ3n) is 7.01. The number of aliphatic hydroxyl groups is 2. The van der Waals surface area contributed by atoms with Gasteiger partial charge in [0.15, 0.2) is 0 Å². The number of ether oxygens (including phenoxy) is 1. The van der Waals surface area contributed by atoms with Gasteiger partial charge in [-0.1, -0.05) is 39.3 Å². The number of thiazole rings is 1. The van der Waals surface area contributed by atoms with Crippen LogP contribution < -0.4 is 0 Å². The molecule has 2 heterocycles. The summed E-state index contributed by atoms with van der Waals surface area (Å²) in [5.41, 5.74) is 1.25. The number of aliphatic hydroxyl groups excluding tert-OH is 2. The summed E-state index contributed by atoms with van der Waals surface area (Å²) in [6.45, 7) is 12.0. The molecule has 0 amide bonds. The average molecular weight is 506 g/mol. The highest BCUT2D eigenvalue weighted by atomic mass is 32.1. The summed E-state index contributed by atoms with van der Waals surface area (Å²) in [5.74, 6) is -2.72. The van der Waals surface area contributed by atoms with Crippen molar-refractivity contribution in [1.29, 1.82) is 0 Å². The molecule has 7 nitrogen and oxygen atoms in total. The van der Waals surface area contributed by atoms with E-state index in [0.717, 1.165) is 21.8 Å². The van der Waals surface area contributed by atoms with Gasteiger partial charge in [0.2, 0.25) is 0 Å². The number of ketones is 2. The highest BCUT2D eigenvalue weighted by Gasteiger charge is 2.43. The normalized spacial score (nSPS) is 30.1. The van der Waals surface area contributed by atoms with Gasteiger partial charge in [0.05, 0.1) is 34.7 Å². The number of aryl methyl sites for hydroxylation is 1. The molecule has 2 rings (SSSR count). The van der Waals surface area contributed by atoms with Crippen LogP contribution in [0.2, 0.25) is 0 Å². The number of hydrogen-bond donors (Lipinski definition) is 2. The van der Waals surface area contributed by atoms with Crippen molar-refractivity contribution >= 4 is 34.9 Å². The Morgan fingerprint density at radius 2 is 1.80 bits per heavy atom. The Labute approximate surface area is 212 Å². The van der Waals surface area contributed by atoms with Crippen molar-refractivity contribution in [1.82, 2.24) is 4.98 Å². The summed E-state index contributed by atoms with van der Waals surface area (Å²) in [4.78, 5) is 43.2. The molecule has 1 aliphatic heterocycles. The Hall–Kier alpha value is -2.16. The van der Waals surface area contributed by atoms with Crippen molar-refractivity contribution in [2.45, 2.75) is 92.5 Å². The number of aromatic nitrogens is 1. The lowest BCUT2D eigenvalue weighted by atomic mass is 9.73. The topological polar surface area (TPSA) is 114 Å². The van der Waals surface area contributed by atoms with Crippen LogP contribution in [0.4, 0.5) is 0 Å². The first-order chi connectivity index (χ1) is 16.2. The van der Waals surface area contributed by atoms with Crippen LogP contribution in [0.15, 0.2) is 22.6 Å². The molecule has 0 aromatic carbocycles. The summed E-state index contributed by atoms with van der Waals surface area (Å²) in [6.07, 6.45) is 1.58. The number of cyclic esters (lactones) is 1. The fourth-order valence-corrected chi connectivity index (χ4v) is 4.78. The number of rotatable bonds is 2. The van der Waals surface area contributed by atoms with Crippen LogP contribution in [-0.2, 0) is 19.1 Å². The number of esters is 1. The van der Waals surface area contributed by atoms with E-state index in [-0.39, 0.29) is 18.6 Å². The van der Waals surface area contributed by atoms with Gasteiger partial charge < -0.3 is 14.9 Å². The molecule has 194 valence electrons. The van der Waals surface area contributed by atoms with E-state index in [1.54, 1.807) is 27.7 Å². The molecule has 35 heavy (non-hydrogen) atoms. The van der Waals surface area contributed by atoms with E-state index in [1.165, 1.54) is 11.3 Å². The molecule has 8 heteroatoms. The van der Waals surface area contributed by atoms with E-state index >= 15 is 0 Å². The average Bonchev–Trinajstić information content (AvgIpc) is 3.21. The van der Waals surface area contributed by atoms with Gasteiger partial charge in [-0.3, -0.25) is 14.4 Å². The SMILES string of the molecule is CC1=CC[C@@H](/C(C)=C/c2csc(C)n2)OC(=O)C[C@H](O)C(C)(C)C(=O)[C@H](C)[C@@H](O)[C@@H](C)C(=O)CC1. The smallest absolute Gasteiger partial charge is 0.309 e. The summed E-state index contributed by atoms with van der Waals surface area (Å²) in [6, 6.07) is 0. The molecular formula is C27H39NO6S. The molecule has 0 aliphatic carbocycles. The molecule has 0 radical (unpaired) electrons. The van der Waals surface area contributed by atoms with Gasteiger partial charge in [0.25, 0.3) is 0 Å². The predicted molar refractivity (Wildman–Crippen MR) is 137 cm³/mol. The Morgan fingerprint density at radius 3 is 2.40 bits per heavy atom. The highest BCUT2D eigenvalue weighted by Crippen LogP contribution is 2.32. The molecule has 0 saturated carbocycles. The minimum atomic E-state index is -1.31. The molecule has 5 atom stereocenters. The van der Waals surface area contributed by atoms with Gasteiger partial charge >= 0.3 is 5.97 Å². The van der Waals surface area contributed by atoms with Crippen LogP contribution >= 0.6 is 11.3 Å². The van der Waals surface area contributed by atoms with Gasteiger partial charge in [-0.05, 0) is 38.8 Å². The van der Waals surface area contributed by atoms with E-state index in [1.807, 2.05) is 38.3 Å². The first kappa shape index (κ1) is 29.1. The standard InChI is InChI=1S/C27H39NO6S/c1-15-8-10-21(29)17(3)25(32)18(4)26(33)27(6,7)23(30)13-24(31)34-22(11-9-15)16(2)12-20-14-35-19(5)28-20/h9,12,14,17-18,22-23,25,30,32H,8,10-11,13H2,1-7H3/b15-9?,16-12+/t17-,18+,22-,23-,25-/m0/s1. The van der Waals surface area contributed by atoms with Crippen molar-refractivity contribution < 1.29 is 29.3 Å². The van der Waals surface area contributed by atoms with Gasteiger partial charge in [-0.2, -0.15) is 0 Å². The third-order valence-corrected chi connectivity index (χ3v) is 7.81. The second-order valence-corrected chi connectivity index (χ2v) is 11.3. The molecule has 0 bridgehead atoms. The molecule has 0 fully saturated rings. The maximum Gasteiger partial charge on any atom is 0.309 e. The molecule has 0 saturated heterocycles. The maximum atomic E-state index is 13.2. The summed E-state index contributed by atoms with van der Waals surface area (Å²) in [7, 11) is 0. The van der Waals surface area contributed by atoms with Crippen molar-refractivity contribution in [3.05, 3.63) is 33.3 Å². The summed E-state index contributed by atoms with van der Waals surface area (Å²) < 4.78 is 5.76. The van der Waals surface area contributed by atoms with Crippen molar-refractivity contribution in [3.63, 3.8) is 0 Å². The lowest BCUT2D eigenvalue weighted by Gasteiger charge is -2.34. The molecule has 2 N–H and O–H groups in total. The van der Waals surface area contributed by atoms with Crippen LogP contribution in [0.25, 0.3) is 6.08 Å². The maximum absolute atomic E-state index is 13.2. The molecule has 1 aromatic rings. The van der Waals surface area contributed by atoms with E-state index in [2.05, 4.69) is 4.98 Å². The van der Waals surface area contributed by atoms with E-state index in [4.69, 9.17) is 4.74 Å². The van der Waals surface area contributed by atoms with E-state index in [9.17, 15) is 24.6 Å². The van der Waals surface area contributed by atoms with Crippen LogP contribution in [0.5, 0.6) is 0 Å². The minimum absolute atomic E-state index is 0.117. The van der Waals surface area contributed by atoms with Crippen molar-refractivity contribution in [3.8, 4) is 0 Å². The van der Waals surface area contributed by atoms with Crippen LogP contribution in [-0.4, -0.2) is 51.0 Å². The minimum Gasteiger partial charge on any atom is -0.457 e. The second kappa shape index (κ2) is 12.2. The second-order valence-electron chi connectivity index (χ2n) is 10.3. The van der Waals surface area contributed by atoms with Crippen LogP contribution in [0.3, 0.4) is 0 Å². The van der Waals surface area contributed by atoms with Gasteiger partial charge in [0, 0.05) is 30.1 Å². The zero-order valence-corrected chi connectivity index (χ0v) is 22.6. The molecule has 1 aromatic heterocycles. The van der Waals surface area contributed by atoms with Crippen LogP contribution in [0, 0.1) is 24.2 Å². The van der Waals surface area contributed by atoms with Crippen molar-refractivity contribution in [2.75, 3.05) is 0 Å². The Kier molecular flexibility index (Phi) is 10.1. The van der Waals surface area contributed by atoms with Gasteiger partial charge in [0.1, 0.15) is 17.7 Å². The lowest BCUT2D eigenvalue weighted by molar-refractivity contribution is -0.154. The van der Waals surface area contributed by atoms with Gasteiger partial charge in [-0.25, -0.2) is 4.98 Å². The quantitative estimate of drug-likeness (QED) is 0.451. The predicted octanol–water partition coefficient (Wildman–Crippen LogP) is 4.45. The Bertz CT molecular complexity index is 992. The fraction of sp³-hybridized carbons (Fsp3) is 0.630.